The summed E-state index contributed by atoms with van der Waals surface area (Å²) in [7, 11) is 0. The van der Waals surface area contributed by atoms with Gasteiger partial charge in [0.05, 0.1) is 6.61 Å². The van der Waals surface area contributed by atoms with Crippen LogP contribution in [0.1, 0.15) is 19.4 Å². The lowest BCUT2D eigenvalue weighted by molar-refractivity contribution is -0.159. The molecule has 1 amide bonds. The number of carbonyl (C=O) groups is 1. The third kappa shape index (κ3) is 3.45. The van der Waals surface area contributed by atoms with E-state index in [4.69, 9.17) is 15.2 Å². The van der Waals surface area contributed by atoms with Crippen LogP contribution in [0.4, 0.5) is 0 Å². The molecule has 0 fully saturated rings. The number of hydrogen-bond acceptors (Lipinski definition) is 4. The van der Waals surface area contributed by atoms with Gasteiger partial charge >= 0.3 is 0 Å². The minimum atomic E-state index is -0.894. The molecule has 19 heavy (non-hydrogen) atoms. The summed E-state index contributed by atoms with van der Waals surface area (Å²) in [4.78, 5) is 11.9. The molecule has 5 heteroatoms. The number of para-hydroxylation sites is 1. The molecule has 0 bridgehead atoms. The molecule has 3 N–H and O–H groups in total. The van der Waals surface area contributed by atoms with Crippen LogP contribution >= 0.6 is 0 Å². The van der Waals surface area contributed by atoms with Crippen molar-refractivity contribution in [3.63, 3.8) is 0 Å². The first kappa shape index (κ1) is 13.8. The minimum Gasteiger partial charge on any atom is -0.455 e. The fraction of sp³-hybridized carbons (Fsp3) is 0.500. The number of carbonyl (C=O) groups excluding carboxylic acids is 1. The van der Waals surface area contributed by atoms with Gasteiger partial charge in [0.15, 0.2) is 0 Å². The summed E-state index contributed by atoms with van der Waals surface area (Å²) in [6.45, 7) is 4.83. The Labute approximate surface area is 113 Å². The maximum absolute atomic E-state index is 11.9. The zero-order valence-corrected chi connectivity index (χ0v) is 11.3. The number of ether oxygens (including phenoxy) is 2. The van der Waals surface area contributed by atoms with Crippen LogP contribution in [-0.2, 0) is 16.1 Å². The lowest BCUT2D eigenvalue weighted by Crippen LogP contribution is -2.47. The van der Waals surface area contributed by atoms with E-state index < -0.39 is 6.29 Å². The van der Waals surface area contributed by atoms with E-state index in [0.717, 1.165) is 5.56 Å². The van der Waals surface area contributed by atoms with Gasteiger partial charge < -0.3 is 20.5 Å². The number of fused-ring (bicyclic) bond motifs is 1. The Morgan fingerprint density at radius 3 is 2.95 bits per heavy atom. The van der Waals surface area contributed by atoms with Gasteiger partial charge in [-0.05, 0) is 12.0 Å². The molecule has 2 rings (SSSR count). The van der Waals surface area contributed by atoms with Crippen LogP contribution in [0.3, 0.4) is 0 Å². The van der Waals surface area contributed by atoms with Gasteiger partial charge in [0.2, 0.25) is 0 Å². The summed E-state index contributed by atoms with van der Waals surface area (Å²) in [5.41, 5.74) is 6.82. The van der Waals surface area contributed by atoms with Crippen LogP contribution in [0.2, 0.25) is 0 Å². The number of rotatable bonds is 4. The van der Waals surface area contributed by atoms with Crippen LogP contribution < -0.4 is 15.8 Å². The molecule has 0 spiro atoms. The predicted molar refractivity (Wildman–Crippen MR) is 71.5 cm³/mol. The van der Waals surface area contributed by atoms with Crippen molar-refractivity contribution in [3.8, 4) is 5.75 Å². The van der Waals surface area contributed by atoms with Gasteiger partial charge in [-0.15, -0.1) is 0 Å². The molecule has 1 aromatic carbocycles. The molecule has 0 radical (unpaired) electrons. The van der Waals surface area contributed by atoms with Crippen molar-refractivity contribution in [2.75, 3.05) is 6.54 Å². The van der Waals surface area contributed by atoms with E-state index in [0.29, 0.717) is 24.8 Å². The van der Waals surface area contributed by atoms with Crippen molar-refractivity contribution in [3.05, 3.63) is 29.8 Å². The Hall–Kier alpha value is -1.59. The first-order valence-electron chi connectivity index (χ1n) is 6.47. The molecule has 1 heterocycles. The second-order valence-corrected chi connectivity index (χ2v) is 5.02. The molecule has 104 valence electrons. The van der Waals surface area contributed by atoms with Crippen LogP contribution in [0, 0.1) is 5.92 Å². The number of nitrogens with two attached hydrogens (primary N) is 1. The van der Waals surface area contributed by atoms with Crippen molar-refractivity contribution in [1.82, 2.24) is 5.32 Å². The fourth-order valence-corrected chi connectivity index (χ4v) is 1.72. The van der Waals surface area contributed by atoms with Crippen LogP contribution in [-0.4, -0.2) is 24.8 Å². The third-order valence-corrected chi connectivity index (χ3v) is 3.18. The predicted octanol–water partition coefficient (Wildman–Crippen LogP) is 1.02. The average molecular weight is 264 g/mol. The van der Waals surface area contributed by atoms with Crippen LogP contribution in [0.15, 0.2) is 24.3 Å². The van der Waals surface area contributed by atoms with Gasteiger partial charge in [0.1, 0.15) is 5.75 Å². The number of nitrogens with one attached hydrogen (secondary N) is 1. The number of benzene rings is 1. The lowest BCUT2D eigenvalue weighted by atomic mass is 10.1. The quantitative estimate of drug-likeness (QED) is 0.851. The highest BCUT2D eigenvalue weighted by Gasteiger charge is 2.26. The molecule has 5 nitrogen and oxygen atoms in total. The average Bonchev–Trinajstić information content (AvgIpc) is 2.43. The van der Waals surface area contributed by atoms with E-state index in [1.807, 2.05) is 38.1 Å². The number of amides is 1. The maximum atomic E-state index is 11.9. The SMILES string of the molecule is CC(C)[C@H](N)CNC(=O)[C@H]1OCc2ccccc2O1. The van der Waals surface area contributed by atoms with Crippen LogP contribution in [0.5, 0.6) is 5.75 Å². The molecule has 0 aliphatic carbocycles. The van der Waals surface area contributed by atoms with E-state index in [2.05, 4.69) is 5.32 Å². The molecule has 0 saturated heterocycles. The van der Waals surface area contributed by atoms with Gasteiger partial charge in [0.25, 0.3) is 12.2 Å². The normalized spacial score (nSPS) is 19.5. The minimum absolute atomic E-state index is 0.0696. The van der Waals surface area contributed by atoms with Gasteiger partial charge in [-0.3, -0.25) is 4.79 Å². The molecule has 1 aromatic rings. The standard InChI is InChI=1S/C14H20N2O3/c1-9(2)11(15)7-16-13(17)14-18-8-10-5-3-4-6-12(10)19-14/h3-6,9,11,14H,7-8,15H2,1-2H3,(H,16,17)/t11-,14+/m1/s1. The van der Waals surface area contributed by atoms with Crippen molar-refractivity contribution in [1.29, 1.82) is 0 Å². The molecule has 1 aliphatic heterocycles. The second kappa shape index (κ2) is 6.04. The first-order valence-corrected chi connectivity index (χ1v) is 6.47. The highest BCUT2D eigenvalue weighted by Crippen LogP contribution is 2.25. The zero-order chi connectivity index (χ0) is 13.8. The summed E-state index contributed by atoms with van der Waals surface area (Å²) >= 11 is 0. The van der Waals surface area contributed by atoms with Crippen molar-refractivity contribution in [2.24, 2.45) is 11.7 Å². The molecule has 2 atom stereocenters. The molecule has 0 unspecified atom stereocenters. The topological polar surface area (TPSA) is 73.6 Å². The Morgan fingerprint density at radius 1 is 1.47 bits per heavy atom. The molecule has 0 saturated carbocycles. The van der Waals surface area contributed by atoms with Crippen molar-refractivity contribution in [2.45, 2.75) is 32.8 Å². The third-order valence-electron chi connectivity index (χ3n) is 3.18. The summed E-state index contributed by atoms with van der Waals surface area (Å²) in [5.74, 6) is 0.724. The summed E-state index contributed by atoms with van der Waals surface area (Å²) in [6.07, 6.45) is -0.894. The smallest absolute Gasteiger partial charge is 0.289 e. The van der Waals surface area contributed by atoms with E-state index in [-0.39, 0.29) is 11.9 Å². The van der Waals surface area contributed by atoms with Crippen molar-refractivity contribution >= 4 is 5.91 Å². The first-order chi connectivity index (χ1) is 9.08. The lowest BCUT2D eigenvalue weighted by Gasteiger charge is -2.26. The zero-order valence-electron chi connectivity index (χ0n) is 11.3. The highest BCUT2D eigenvalue weighted by atomic mass is 16.7. The van der Waals surface area contributed by atoms with Crippen molar-refractivity contribution < 1.29 is 14.3 Å². The number of hydrogen-bond donors (Lipinski definition) is 2. The Bertz CT molecular complexity index is 448. The monoisotopic (exact) mass is 264 g/mol. The highest BCUT2D eigenvalue weighted by molar-refractivity contribution is 5.80. The van der Waals surface area contributed by atoms with E-state index in [1.54, 1.807) is 0 Å². The molecule has 0 aromatic heterocycles. The van der Waals surface area contributed by atoms with E-state index >= 15 is 0 Å². The second-order valence-electron chi connectivity index (χ2n) is 5.02. The largest absolute Gasteiger partial charge is 0.455 e. The van der Waals surface area contributed by atoms with Gasteiger partial charge in [-0.25, -0.2) is 0 Å². The summed E-state index contributed by atoms with van der Waals surface area (Å²) in [6, 6.07) is 7.46. The molecular formula is C14H20N2O3. The van der Waals surface area contributed by atoms with Gasteiger partial charge in [-0.1, -0.05) is 32.0 Å². The fourth-order valence-electron chi connectivity index (χ4n) is 1.72. The summed E-state index contributed by atoms with van der Waals surface area (Å²) in [5, 5.41) is 2.75. The molecule has 1 aliphatic rings. The van der Waals surface area contributed by atoms with E-state index in [1.165, 1.54) is 0 Å². The van der Waals surface area contributed by atoms with Crippen LogP contribution in [0.25, 0.3) is 0 Å². The Balaban J connectivity index is 1.89. The summed E-state index contributed by atoms with van der Waals surface area (Å²) < 4.78 is 10.9. The maximum Gasteiger partial charge on any atom is 0.289 e. The Kier molecular flexibility index (Phi) is 4.39. The van der Waals surface area contributed by atoms with Gasteiger partial charge in [0, 0.05) is 18.2 Å². The van der Waals surface area contributed by atoms with E-state index in [9.17, 15) is 4.79 Å². The van der Waals surface area contributed by atoms with Gasteiger partial charge in [-0.2, -0.15) is 0 Å². The molecular weight excluding hydrogens is 244 g/mol. The Morgan fingerprint density at radius 2 is 2.21 bits per heavy atom.